The summed E-state index contributed by atoms with van der Waals surface area (Å²) in [5.74, 6) is 0.705. The molecule has 3 nitrogen and oxygen atoms in total. The molecule has 1 aromatic rings. The van der Waals surface area contributed by atoms with E-state index >= 15 is 0 Å². The second-order valence-electron chi connectivity index (χ2n) is 4.85. The minimum Gasteiger partial charge on any atom is -0.330 e. The average Bonchev–Trinajstić information content (AvgIpc) is 2.61. The van der Waals surface area contributed by atoms with E-state index in [4.69, 9.17) is 5.73 Å². The number of carbonyl (C=O) groups excluding carboxylic acids is 1. The molecule has 0 spiro atoms. The molecule has 0 bridgehead atoms. The van der Waals surface area contributed by atoms with Gasteiger partial charge in [0.05, 0.1) is 6.42 Å². The van der Waals surface area contributed by atoms with Gasteiger partial charge < -0.3 is 10.6 Å². The summed E-state index contributed by atoms with van der Waals surface area (Å²) in [6.07, 6.45) is 2.71. The fourth-order valence-corrected chi connectivity index (χ4v) is 2.39. The molecular formula is C14H20N2O. The molecule has 1 atom stereocenters. The van der Waals surface area contributed by atoms with Crippen LogP contribution >= 0.6 is 0 Å². The van der Waals surface area contributed by atoms with Gasteiger partial charge in [0.15, 0.2) is 0 Å². The molecule has 0 saturated carbocycles. The molecule has 0 saturated heterocycles. The molecule has 92 valence electrons. The lowest BCUT2D eigenvalue weighted by molar-refractivity contribution is -0.117. The number of nitrogens with zero attached hydrogens (tertiary/aromatic N) is 1. The molecule has 0 aromatic heterocycles. The quantitative estimate of drug-likeness (QED) is 0.863. The van der Waals surface area contributed by atoms with Gasteiger partial charge in [0.2, 0.25) is 5.91 Å². The Morgan fingerprint density at radius 3 is 2.94 bits per heavy atom. The highest BCUT2D eigenvalue weighted by molar-refractivity contribution is 6.00. The summed E-state index contributed by atoms with van der Waals surface area (Å²) in [7, 11) is 1.84. The standard InChI is InChI=1S/C14H20N2O/c1-10(4-3-7-15)11-5-6-13-12(8-11)9-14(17)16(13)2/h5-6,8,10H,3-4,7,9,15H2,1-2H3. The number of rotatable bonds is 4. The first-order chi connectivity index (χ1) is 8.13. The summed E-state index contributed by atoms with van der Waals surface area (Å²) in [4.78, 5) is 13.3. The Morgan fingerprint density at radius 1 is 1.47 bits per heavy atom. The lowest BCUT2D eigenvalue weighted by Crippen LogP contribution is -2.20. The summed E-state index contributed by atoms with van der Waals surface area (Å²) >= 11 is 0. The fraction of sp³-hybridized carbons (Fsp3) is 0.500. The number of carbonyl (C=O) groups is 1. The van der Waals surface area contributed by atoms with Gasteiger partial charge in [0, 0.05) is 12.7 Å². The van der Waals surface area contributed by atoms with E-state index in [-0.39, 0.29) is 5.91 Å². The average molecular weight is 232 g/mol. The van der Waals surface area contributed by atoms with Gasteiger partial charge >= 0.3 is 0 Å². The van der Waals surface area contributed by atoms with Crippen molar-refractivity contribution in [2.24, 2.45) is 5.73 Å². The molecule has 2 rings (SSSR count). The minimum absolute atomic E-state index is 0.187. The first kappa shape index (κ1) is 12.1. The lowest BCUT2D eigenvalue weighted by Gasteiger charge is -2.14. The molecule has 1 aliphatic rings. The monoisotopic (exact) mass is 232 g/mol. The second-order valence-corrected chi connectivity index (χ2v) is 4.85. The predicted molar refractivity (Wildman–Crippen MR) is 70.3 cm³/mol. The molecule has 3 heteroatoms. The van der Waals surface area contributed by atoms with E-state index in [2.05, 4.69) is 25.1 Å². The van der Waals surface area contributed by atoms with Gasteiger partial charge in [-0.05, 0) is 42.5 Å². The molecular weight excluding hydrogens is 212 g/mol. The molecule has 1 amide bonds. The van der Waals surface area contributed by atoms with Crippen molar-refractivity contribution in [2.75, 3.05) is 18.5 Å². The van der Waals surface area contributed by atoms with E-state index < -0.39 is 0 Å². The molecule has 0 radical (unpaired) electrons. The molecule has 0 aliphatic carbocycles. The Labute approximate surface area is 103 Å². The number of fused-ring (bicyclic) bond motifs is 1. The zero-order valence-electron chi connectivity index (χ0n) is 10.6. The maximum absolute atomic E-state index is 11.6. The van der Waals surface area contributed by atoms with E-state index in [9.17, 15) is 4.79 Å². The van der Waals surface area contributed by atoms with E-state index in [1.807, 2.05) is 7.05 Å². The Kier molecular flexibility index (Phi) is 3.48. The second kappa shape index (κ2) is 4.88. The highest BCUT2D eigenvalue weighted by atomic mass is 16.2. The Morgan fingerprint density at radius 2 is 2.24 bits per heavy atom. The third-order valence-electron chi connectivity index (χ3n) is 3.59. The van der Waals surface area contributed by atoms with Crippen LogP contribution in [-0.2, 0) is 11.2 Å². The van der Waals surface area contributed by atoms with Crippen LogP contribution in [0.2, 0.25) is 0 Å². The SMILES string of the molecule is CC(CCCN)c1ccc2c(c1)CC(=O)N2C. The van der Waals surface area contributed by atoms with E-state index in [0.29, 0.717) is 12.3 Å². The third kappa shape index (κ3) is 2.34. The summed E-state index contributed by atoms with van der Waals surface area (Å²) in [6.45, 7) is 2.97. The molecule has 17 heavy (non-hydrogen) atoms. The largest absolute Gasteiger partial charge is 0.330 e. The van der Waals surface area contributed by atoms with Gasteiger partial charge in [-0.3, -0.25) is 4.79 Å². The highest BCUT2D eigenvalue weighted by Crippen LogP contribution is 2.31. The van der Waals surface area contributed by atoms with Crippen LogP contribution in [0.25, 0.3) is 0 Å². The van der Waals surface area contributed by atoms with Gasteiger partial charge in [0.25, 0.3) is 0 Å². The van der Waals surface area contributed by atoms with Crippen molar-refractivity contribution in [2.45, 2.75) is 32.1 Å². The molecule has 0 fully saturated rings. The smallest absolute Gasteiger partial charge is 0.231 e. The molecule has 1 heterocycles. The van der Waals surface area contributed by atoms with Crippen LogP contribution in [-0.4, -0.2) is 19.5 Å². The van der Waals surface area contributed by atoms with E-state index in [0.717, 1.165) is 30.6 Å². The molecule has 1 aliphatic heterocycles. The summed E-state index contributed by atoms with van der Waals surface area (Å²) < 4.78 is 0. The minimum atomic E-state index is 0.187. The number of amides is 1. The van der Waals surface area contributed by atoms with Gasteiger partial charge in [0.1, 0.15) is 0 Å². The van der Waals surface area contributed by atoms with Gasteiger partial charge in [-0.1, -0.05) is 19.1 Å². The topological polar surface area (TPSA) is 46.3 Å². The van der Waals surface area contributed by atoms with Crippen LogP contribution in [0.15, 0.2) is 18.2 Å². The first-order valence-electron chi connectivity index (χ1n) is 6.23. The Hall–Kier alpha value is -1.35. The highest BCUT2D eigenvalue weighted by Gasteiger charge is 2.24. The number of hydrogen-bond donors (Lipinski definition) is 1. The maximum atomic E-state index is 11.6. The zero-order chi connectivity index (χ0) is 12.4. The van der Waals surface area contributed by atoms with Crippen molar-refractivity contribution in [3.8, 4) is 0 Å². The third-order valence-corrected chi connectivity index (χ3v) is 3.59. The molecule has 2 N–H and O–H groups in total. The van der Waals surface area contributed by atoms with Crippen molar-refractivity contribution in [3.05, 3.63) is 29.3 Å². The van der Waals surface area contributed by atoms with Crippen molar-refractivity contribution >= 4 is 11.6 Å². The van der Waals surface area contributed by atoms with Crippen LogP contribution in [0, 0.1) is 0 Å². The van der Waals surface area contributed by atoms with Crippen LogP contribution in [0.4, 0.5) is 5.69 Å². The zero-order valence-corrected chi connectivity index (χ0v) is 10.6. The van der Waals surface area contributed by atoms with Crippen LogP contribution < -0.4 is 10.6 Å². The summed E-state index contributed by atoms with van der Waals surface area (Å²) in [6, 6.07) is 6.38. The summed E-state index contributed by atoms with van der Waals surface area (Å²) in [5, 5.41) is 0. The summed E-state index contributed by atoms with van der Waals surface area (Å²) in [5.41, 5.74) is 9.07. The van der Waals surface area contributed by atoms with Gasteiger partial charge in [-0.2, -0.15) is 0 Å². The van der Waals surface area contributed by atoms with Crippen molar-refractivity contribution in [3.63, 3.8) is 0 Å². The maximum Gasteiger partial charge on any atom is 0.231 e. The first-order valence-corrected chi connectivity index (χ1v) is 6.23. The van der Waals surface area contributed by atoms with Crippen molar-refractivity contribution in [1.82, 2.24) is 0 Å². The number of likely N-dealkylation sites (N-methyl/N-ethyl adjacent to an activating group) is 1. The lowest BCUT2D eigenvalue weighted by atomic mass is 9.94. The number of nitrogens with two attached hydrogens (primary N) is 1. The molecule has 1 aromatic carbocycles. The van der Waals surface area contributed by atoms with Crippen molar-refractivity contribution < 1.29 is 4.79 Å². The van der Waals surface area contributed by atoms with Gasteiger partial charge in [-0.25, -0.2) is 0 Å². The Bertz CT molecular complexity index is 428. The van der Waals surface area contributed by atoms with E-state index in [1.165, 1.54) is 5.56 Å². The van der Waals surface area contributed by atoms with Crippen LogP contribution in [0.3, 0.4) is 0 Å². The molecule has 1 unspecified atom stereocenters. The number of hydrogen-bond acceptors (Lipinski definition) is 2. The fourth-order valence-electron chi connectivity index (χ4n) is 2.39. The number of benzene rings is 1. The number of anilines is 1. The van der Waals surface area contributed by atoms with Gasteiger partial charge in [-0.15, -0.1) is 0 Å². The van der Waals surface area contributed by atoms with E-state index in [1.54, 1.807) is 4.90 Å². The predicted octanol–water partition coefficient (Wildman–Crippen LogP) is 2.05. The van der Waals surface area contributed by atoms with Crippen LogP contribution in [0.5, 0.6) is 0 Å². The normalized spacial score (nSPS) is 16.2. The van der Waals surface area contributed by atoms with Crippen LogP contribution in [0.1, 0.15) is 36.8 Å². The Balaban J connectivity index is 2.18. The van der Waals surface area contributed by atoms with Crippen molar-refractivity contribution in [1.29, 1.82) is 0 Å².